The first-order chi connectivity index (χ1) is 8.22. The lowest BCUT2D eigenvalue weighted by molar-refractivity contribution is -0.384. The number of aldehydes is 1. The Bertz CT molecular complexity index is 436. The molecular weight excluding hydrogens is 222 g/mol. The van der Waals surface area contributed by atoms with Crippen LogP contribution in [0.2, 0.25) is 0 Å². The number of rotatable bonds is 3. The van der Waals surface area contributed by atoms with Crippen LogP contribution in [0.4, 0.5) is 11.5 Å². The molecule has 17 heavy (non-hydrogen) atoms. The fourth-order valence-corrected chi connectivity index (χ4v) is 2.06. The molecule has 1 aromatic heterocycles. The summed E-state index contributed by atoms with van der Waals surface area (Å²) >= 11 is 0. The number of carbonyl (C=O) groups excluding carboxylic acids is 1. The summed E-state index contributed by atoms with van der Waals surface area (Å²) in [5.74, 6) is 0.510. The monoisotopic (exact) mass is 235 g/mol. The second kappa shape index (κ2) is 4.90. The molecule has 1 aliphatic heterocycles. The summed E-state index contributed by atoms with van der Waals surface area (Å²) in [6.45, 7) is 0.720. The van der Waals surface area contributed by atoms with Crippen LogP contribution in [0, 0.1) is 10.1 Å². The van der Waals surface area contributed by atoms with Crippen LogP contribution in [-0.2, 0) is 4.79 Å². The predicted octanol–water partition coefficient (Wildman–Crippen LogP) is 1.55. The molecule has 1 fully saturated rings. The zero-order valence-electron chi connectivity index (χ0n) is 9.28. The Kier molecular flexibility index (Phi) is 3.32. The minimum atomic E-state index is -0.453. The third kappa shape index (κ3) is 2.41. The lowest BCUT2D eigenvalue weighted by Gasteiger charge is -2.33. The summed E-state index contributed by atoms with van der Waals surface area (Å²) in [5.41, 5.74) is 0.00484. The van der Waals surface area contributed by atoms with Crippen molar-refractivity contribution in [3.63, 3.8) is 0 Å². The average Bonchev–Trinajstić information content (AvgIpc) is 2.39. The van der Waals surface area contributed by atoms with E-state index in [1.807, 2.05) is 4.90 Å². The van der Waals surface area contributed by atoms with E-state index in [2.05, 4.69) is 4.98 Å². The van der Waals surface area contributed by atoms with Gasteiger partial charge in [-0.1, -0.05) is 0 Å². The van der Waals surface area contributed by atoms with Gasteiger partial charge in [0.05, 0.1) is 17.0 Å². The number of piperidine rings is 1. The molecule has 2 rings (SSSR count). The van der Waals surface area contributed by atoms with Gasteiger partial charge in [-0.05, 0) is 19.3 Å². The van der Waals surface area contributed by atoms with Crippen LogP contribution in [-0.4, -0.2) is 28.8 Å². The molecule has 1 saturated heterocycles. The number of anilines is 1. The molecule has 90 valence electrons. The predicted molar refractivity (Wildman–Crippen MR) is 61.9 cm³/mol. The van der Waals surface area contributed by atoms with Crippen molar-refractivity contribution in [3.8, 4) is 0 Å². The maximum absolute atomic E-state index is 11.0. The van der Waals surface area contributed by atoms with Crippen LogP contribution in [0.1, 0.15) is 19.3 Å². The van der Waals surface area contributed by atoms with E-state index in [1.54, 1.807) is 0 Å². The van der Waals surface area contributed by atoms with Crippen LogP contribution in [0.15, 0.2) is 18.3 Å². The normalized spacial score (nSPS) is 20.0. The Labute approximate surface area is 98.4 Å². The molecule has 0 spiro atoms. The van der Waals surface area contributed by atoms with Gasteiger partial charge in [0.2, 0.25) is 0 Å². The fourth-order valence-electron chi connectivity index (χ4n) is 2.06. The zero-order chi connectivity index (χ0) is 12.3. The van der Waals surface area contributed by atoms with Crippen LogP contribution in [0.3, 0.4) is 0 Å². The number of nitro groups is 1. The van der Waals surface area contributed by atoms with E-state index in [1.165, 1.54) is 18.3 Å². The maximum Gasteiger partial charge on any atom is 0.274 e. The number of nitrogens with zero attached hydrogens (tertiary/aromatic N) is 3. The minimum absolute atomic E-state index is 0.00484. The molecule has 6 nitrogen and oxygen atoms in total. The molecule has 0 amide bonds. The quantitative estimate of drug-likeness (QED) is 0.451. The van der Waals surface area contributed by atoms with Crippen molar-refractivity contribution < 1.29 is 9.72 Å². The molecule has 0 aromatic carbocycles. The van der Waals surface area contributed by atoms with E-state index >= 15 is 0 Å². The Hall–Kier alpha value is -1.98. The first-order valence-corrected chi connectivity index (χ1v) is 5.55. The summed E-state index contributed by atoms with van der Waals surface area (Å²) in [6.07, 6.45) is 5.07. The van der Waals surface area contributed by atoms with E-state index in [0.29, 0.717) is 5.82 Å². The van der Waals surface area contributed by atoms with Crippen molar-refractivity contribution in [1.29, 1.82) is 0 Å². The van der Waals surface area contributed by atoms with Gasteiger partial charge in [0.15, 0.2) is 0 Å². The highest BCUT2D eigenvalue weighted by Crippen LogP contribution is 2.24. The van der Waals surface area contributed by atoms with Crippen molar-refractivity contribution in [3.05, 3.63) is 28.4 Å². The summed E-state index contributed by atoms with van der Waals surface area (Å²) < 4.78 is 0. The SMILES string of the molecule is O=CC1CCCCN1c1cc([N+](=O)[O-])ccn1. The topological polar surface area (TPSA) is 76.3 Å². The van der Waals surface area contributed by atoms with Crippen LogP contribution in [0.25, 0.3) is 0 Å². The Morgan fingerprint density at radius 2 is 2.35 bits per heavy atom. The molecular formula is C11H13N3O3. The molecule has 1 unspecified atom stereocenters. The van der Waals surface area contributed by atoms with Crippen molar-refractivity contribution in [2.45, 2.75) is 25.3 Å². The van der Waals surface area contributed by atoms with E-state index in [4.69, 9.17) is 0 Å². The number of carbonyl (C=O) groups is 1. The third-order valence-electron chi connectivity index (χ3n) is 2.94. The van der Waals surface area contributed by atoms with E-state index in [9.17, 15) is 14.9 Å². The summed E-state index contributed by atoms with van der Waals surface area (Å²) in [5, 5.41) is 10.7. The van der Waals surface area contributed by atoms with Gasteiger partial charge >= 0.3 is 0 Å². The van der Waals surface area contributed by atoms with Crippen LogP contribution < -0.4 is 4.90 Å². The third-order valence-corrected chi connectivity index (χ3v) is 2.94. The molecule has 1 aromatic rings. The molecule has 0 saturated carbocycles. The minimum Gasteiger partial charge on any atom is -0.347 e. The number of aromatic nitrogens is 1. The highest BCUT2D eigenvalue weighted by atomic mass is 16.6. The number of pyridine rings is 1. The second-order valence-corrected chi connectivity index (χ2v) is 4.02. The van der Waals surface area contributed by atoms with Gasteiger partial charge in [-0.3, -0.25) is 10.1 Å². The number of hydrogen-bond acceptors (Lipinski definition) is 5. The van der Waals surface area contributed by atoms with Gasteiger partial charge in [-0.25, -0.2) is 4.98 Å². The van der Waals surface area contributed by atoms with E-state index < -0.39 is 4.92 Å². The Morgan fingerprint density at radius 3 is 3.06 bits per heavy atom. The molecule has 1 atom stereocenters. The first-order valence-electron chi connectivity index (χ1n) is 5.55. The lowest BCUT2D eigenvalue weighted by atomic mass is 10.0. The van der Waals surface area contributed by atoms with Crippen molar-refractivity contribution in [2.75, 3.05) is 11.4 Å². The summed E-state index contributed by atoms with van der Waals surface area (Å²) in [7, 11) is 0. The zero-order valence-corrected chi connectivity index (χ0v) is 9.28. The van der Waals surface area contributed by atoms with Gasteiger partial charge in [0.1, 0.15) is 12.1 Å². The molecule has 6 heteroatoms. The van der Waals surface area contributed by atoms with Crippen LogP contribution >= 0.6 is 0 Å². The smallest absolute Gasteiger partial charge is 0.274 e. The van der Waals surface area contributed by atoms with E-state index in [0.717, 1.165) is 32.1 Å². The Balaban J connectivity index is 2.28. The highest BCUT2D eigenvalue weighted by molar-refractivity contribution is 5.65. The average molecular weight is 235 g/mol. The summed E-state index contributed by atoms with van der Waals surface area (Å²) in [6, 6.07) is 2.56. The molecule has 1 aliphatic rings. The second-order valence-electron chi connectivity index (χ2n) is 4.02. The summed E-state index contributed by atoms with van der Waals surface area (Å²) in [4.78, 5) is 27.1. The van der Waals surface area contributed by atoms with Gasteiger partial charge in [0, 0.05) is 18.8 Å². The lowest BCUT2D eigenvalue weighted by Crippen LogP contribution is -2.41. The van der Waals surface area contributed by atoms with Crippen molar-refractivity contribution in [2.24, 2.45) is 0 Å². The van der Waals surface area contributed by atoms with Gasteiger partial charge < -0.3 is 9.69 Å². The maximum atomic E-state index is 11.0. The van der Waals surface area contributed by atoms with Crippen molar-refractivity contribution >= 4 is 17.8 Å². The van der Waals surface area contributed by atoms with Gasteiger partial charge in [-0.2, -0.15) is 0 Å². The van der Waals surface area contributed by atoms with Crippen LogP contribution in [0.5, 0.6) is 0 Å². The molecule has 0 N–H and O–H groups in total. The molecule has 0 aliphatic carbocycles. The van der Waals surface area contributed by atoms with Gasteiger partial charge in [-0.15, -0.1) is 0 Å². The van der Waals surface area contributed by atoms with Crippen molar-refractivity contribution in [1.82, 2.24) is 4.98 Å². The molecule has 0 radical (unpaired) electrons. The molecule has 0 bridgehead atoms. The Morgan fingerprint density at radius 1 is 1.53 bits per heavy atom. The van der Waals surface area contributed by atoms with E-state index in [-0.39, 0.29) is 11.7 Å². The largest absolute Gasteiger partial charge is 0.347 e. The number of hydrogen-bond donors (Lipinski definition) is 0. The van der Waals surface area contributed by atoms with Gasteiger partial charge in [0.25, 0.3) is 5.69 Å². The highest BCUT2D eigenvalue weighted by Gasteiger charge is 2.24. The first kappa shape index (κ1) is 11.5. The fraction of sp³-hybridized carbons (Fsp3) is 0.455. The standard InChI is InChI=1S/C11H13N3O3/c15-8-10-3-1-2-6-13(10)11-7-9(14(16)17)4-5-12-11/h4-5,7-8,10H,1-3,6H2. The molecule has 2 heterocycles.